The fourth-order valence-corrected chi connectivity index (χ4v) is 1.38. The van der Waals surface area contributed by atoms with Gasteiger partial charge >= 0.3 is 0 Å². The van der Waals surface area contributed by atoms with E-state index in [9.17, 15) is 9.59 Å². The first-order chi connectivity index (χ1) is 7.99. The number of amides is 2. The highest BCUT2D eigenvalue weighted by Crippen LogP contribution is 2.21. The first-order valence-corrected chi connectivity index (χ1v) is 5.31. The summed E-state index contributed by atoms with van der Waals surface area (Å²) in [5.74, 6) is -0.428. The van der Waals surface area contributed by atoms with Crippen LogP contribution in [0.2, 0.25) is 5.02 Å². The van der Waals surface area contributed by atoms with Gasteiger partial charge in [0.25, 0.3) is 5.91 Å². The third kappa shape index (κ3) is 4.74. The lowest BCUT2D eigenvalue weighted by molar-refractivity contribution is -0.126. The highest BCUT2D eigenvalue weighted by molar-refractivity contribution is 6.30. The number of hydrogen-bond donors (Lipinski definition) is 2. The van der Waals surface area contributed by atoms with E-state index in [0.29, 0.717) is 10.8 Å². The van der Waals surface area contributed by atoms with E-state index in [1.807, 2.05) is 6.92 Å². The van der Waals surface area contributed by atoms with Crippen LogP contribution < -0.4 is 15.8 Å². The second kappa shape index (κ2) is 6.10. The second-order valence-corrected chi connectivity index (χ2v) is 3.88. The van der Waals surface area contributed by atoms with Crippen LogP contribution in [-0.4, -0.2) is 25.0 Å². The summed E-state index contributed by atoms with van der Waals surface area (Å²) in [5, 5.41) is 2.92. The molecule has 0 bridgehead atoms. The minimum absolute atomic E-state index is 0.171. The van der Waals surface area contributed by atoms with Gasteiger partial charge in [0.05, 0.1) is 6.54 Å². The lowest BCUT2D eigenvalue weighted by Gasteiger charge is -2.09. The summed E-state index contributed by atoms with van der Waals surface area (Å²) >= 11 is 5.78. The van der Waals surface area contributed by atoms with Crippen LogP contribution in [0, 0.1) is 6.92 Å². The van der Waals surface area contributed by atoms with Crippen molar-refractivity contribution in [2.45, 2.75) is 6.92 Å². The number of rotatable bonds is 5. The largest absolute Gasteiger partial charge is 0.484 e. The van der Waals surface area contributed by atoms with Gasteiger partial charge in [0.15, 0.2) is 6.61 Å². The Morgan fingerprint density at radius 3 is 2.76 bits per heavy atom. The van der Waals surface area contributed by atoms with Crippen LogP contribution in [0.25, 0.3) is 0 Å². The molecule has 0 radical (unpaired) electrons. The molecule has 1 aromatic carbocycles. The quantitative estimate of drug-likeness (QED) is 0.811. The Kier molecular flexibility index (Phi) is 4.78. The fraction of sp³-hybridized carbons (Fsp3) is 0.273. The maximum atomic E-state index is 11.2. The Balaban J connectivity index is 2.44. The molecule has 1 aromatic rings. The van der Waals surface area contributed by atoms with E-state index in [1.54, 1.807) is 18.2 Å². The number of hydrogen-bond acceptors (Lipinski definition) is 3. The smallest absolute Gasteiger partial charge is 0.258 e. The summed E-state index contributed by atoms with van der Waals surface area (Å²) in [5.41, 5.74) is 5.71. The number of nitrogens with two attached hydrogens (primary N) is 1. The zero-order valence-electron chi connectivity index (χ0n) is 9.33. The molecule has 0 atom stereocenters. The average molecular weight is 257 g/mol. The van der Waals surface area contributed by atoms with Gasteiger partial charge in [-0.2, -0.15) is 0 Å². The molecule has 0 aliphatic carbocycles. The number of carbonyl (C=O) groups is 2. The summed E-state index contributed by atoms with van der Waals surface area (Å²) in [4.78, 5) is 21.7. The SMILES string of the molecule is Cc1cc(Cl)ccc1OCC(=O)NCC(N)=O. The highest BCUT2D eigenvalue weighted by atomic mass is 35.5. The Labute approximate surface area is 104 Å². The normalized spacial score (nSPS) is 9.76. The van der Waals surface area contributed by atoms with Crippen molar-refractivity contribution in [2.24, 2.45) is 5.73 Å². The summed E-state index contributed by atoms with van der Waals surface area (Å²) in [7, 11) is 0. The predicted molar refractivity (Wildman–Crippen MR) is 63.9 cm³/mol. The number of primary amides is 1. The lowest BCUT2D eigenvalue weighted by Crippen LogP contribution is -2.36. The number of nitrogens with one attached hydrogen (secondary N) is 1. The molecule has 6 heteroatoms. The van der Waals surface area contributed by atoms with E-state index in [2.05, 4.69) is 5.32 Å². The molecule has 0 aliphatic rings. The summed E-state index contributed by atoms with van der Waals surface area (Å²) in [6, 6.07) is 5.09. The number of aryl methyl sites for hydroxylation is 1. The van der Waals surface area contributed by atoms with Gasteiger partial charge in [-0.25, -0.2) is 0 Å². The number of halogens is 1. The molecule has 2 amide bonds. The van der Waals surface area contributed by atoms with Gasteiger partial charge in [0.1, 0.15) is 5.75 Å². The Bertz CT molecular complexity index is 435. The molecule has 5 nitrogen and oxygen atoms in total. The van der Waals surface area contributed by atoms with Crippen molar-refractivity contribution in [2.75, 3.05) is 13.2 Å². The zero-order chi connectivity index (χ0) is 12.8. The minimum Gasteiger partial charge on any atom is -0.484 e. The van der Waals surface area contributed by atoms with E-state index in [1.165, 1.54) is 0 Å². The van der Waals surface area contributed by atoms with Gasteiger partial charge in [-0.15, -0.1) is 0 Å². The molecule has 1 rings (SSSR count). The molecule has 92 valence electrons. The first kappa shape index (κ1) is 13.3. The van der Waals surface area contributed by atoms with Gasteiger partial charge in [-0.1, -0.05) is 11.6 Å². The predicted octanol–water partition coefficient (Wildman–Crippen LogP) is 0.629. The van der Waals surface area contributed by atoms with Crippen LogP contribution in [0.4, 0.5) is 0 Å². The van der Waals surface area contributed by atoms with Crippen molar-refractivity contribution in [1.82, 2.24) is 5.32 Å². The van der Waals surface area contributed by atoms with Crippen molar-refractivity contribution in [3.63, 3.8) is 0 Å². The van der Waals surface area contributed by atoms with Gasteiger partial charge in [0.2, 0.25) is 5.91 Å². The molecule has 17 heavy (non-hydrogen) atoms. The monoisotopic (exact) mass is 256 g/mol. The minimum atomic E-state index is -0.596. The van der Waals surface area contributed by atoms with Gasteiger partial charge in [0, 0.05) is 5.02 Å². The Hall–Kier alpha value is -1.75. The van der Waals surface area contributed by atoms with Crippen LogP contribution in [0.15, 0.2) is 18.2 Å². The molecular weight excluding hydrogens is 244 g/mol. The lowest BCUT2D eigenvalue weighted by atomic mass is 10.2. The van der Waals surface area contributed by atoms with Crippen LogP contribution in [0.5, 0.6) is 5.75 Å². The molecule has 0 saturated heterocycles. The van der Waals surface area contributed by atoms with E-state index >= 15 is 0 Å². The van der Waals surface area contributed by atoms with Gasteiger partial charge in [-0.3, -0.25) is 9.59 Å². The van der Waals surface area contributed by atoms with E-state index in [4.69, 9.17) is 22.1 Å². The molecule has 0 heterocycles. The molecule has 0 fully saturated rings. The van der Waals surface area contributed by atoms with Crippen molar-refractivity contribution in [3.8, 4) is 5.75 Å². The number of ether oxygens (including phenoxy) is 1. The molecule has 0 spiro atoms. The van der Waals surface area contributed by atoms with Crippen molar-refractivity contribution in [1.29, 1.82) is 0 Å². The topological polar surface area (TPSA) is 81.4 Å². The molecule has 0 unspecified atom stereocenters. The number of benzene rings is 1. The summed E-state index contributed by atoms with van der Waals surface area (Å²) in [6.45, 7) is 1.46. The maximum Gasteiger partial charge on any atom is 0.258 e. The fourth-order valence-electron chi connectivity index (χ4n) is 1.15. The second-order valence-electron chi connectivity index (χ2n) is 3.44. The van der Waals surface area contributed by atoms with Crippen LogP contribution in [-0.2, 0) is 9.59 Å². The van der Waals surface area contributed by atoms with Crippen LogP contribution in [0.1, 0.15) is 5.56 Å². The van der Waals surface area contributed by atoms with Crippen LogP contribution >= 0.6 is 11.6 Å². The van der Waals surface area contributed by atoms with Crippen LogP contribution in [0.3, 0.4) is 0 Å². The Morgan fingerprint density at radius 2 is 2.18 bits per heavy atom. The van der Waals surface area contributed by atoms with Crippen molar-refractivity contribution in [3.05, 3.63) is 28.8 Å². The number of carbonyl (C=O) groups excluding carboxylic acids is 2. The highest BCUT2D eigenvalue weighted by Gasteiger charge is 2.05. The average Bonchev–Trinajstić information content (AvgIpc) is 2.25. The van der Waals surface area contributed by atoms with Gasteiger partial charge in [-0.05, 0) is 30.7 Å². The van der Waals surface area contributed by atoms with E-state index in [0.717, 1.165) is 5.56 Å². The summed E-state index contributed by atoms with van der Waals surface area (Å²) in [6.07, 6.45) is 0. The molecule has 3 N–H and O–H groups in total. The molecular formula is C11H13ClN2O3. The zero-order valence-corrected chi connectivity index (χ0v) is 10.1. The molecule has 0 aromatic heterocycles. The molecule has 0 aliphatic heterocycles. The van der Waals surface area contributed by atoms with E-state index < -0.39 is 11.8 Å². The van der Waals surface area contributed by atoms with Crippen molar-refractivity contribution < 1.29 is 14.3 Å². The van der Waals surface area contributed by atoms with Gasteiger partial charge < -0.3 is 15.8 Å². The third-order valence-electron chi connectivity index (χ3n) is 1.96. The third-order valence-corrected chi connectivity index (χ3v) is 2.19. The molecule has 0 saturated carbocycles. The van der Waals surface area contributed by atoms with E-state index in [-0.39, 0.29) is 13.2 Å². The first-order valence-electron chi connectivity index (χ1n) is 4.93. The maximum absolute atomic E-state index is 11.2. The standard InChI is InChI=1S/C11H13ClN2O3/c1-7-4-8(12)2-3-9(7)17-6-11(16)14-5-10(13)15/h2-4H,5-6H2,1H3,(H2,13,15)(H,14,16). The summed E-state index contributed by atoms with van der Waals surface area (Å²) < 4.78 is 5.26. The van der Waals surface area contributed by atoms with Crippen molar-refractivity contribution >= 4 is 23.4 Å². The Morgan fingerprint density at radius 1 is 1.47 bits per heavy atom.